The number of benzene rings is 2. The van der Waals surface area contributed by atoms with Gasteiger partial charge >= 0.3 is 6.03 Å². The molecular formula is C21H25N5O3. The molecule has 2 aromatic carbocycles. The second-order valence-corrected chi connectivity index (χ2v) is 7.01. The number of nitrogens with zero attached hydrogens (tertiary/aromatic N) is 1. The number of hydrogen-bond donors (Lipinski definition) is 4. The Bertz CT molecular complexity index is 905. The van der Waals surface area contributed by atoms with Gasteiger partial charge in [0.2, 0.25) is 5.91 Å². The van der Waals surface area contributed by atoms with Crippen molar-refractivity contribution in [2.24, 2.45) is 11.5 Å². The summed E-state index contributed by atoms with van der Waals surface area (Å²) < 4.78 is 0. The van der Waals surface area contributed by atoms with E-state index in [9.17, 15) is 14.4 Å². The van der Waals surface area contributed by atoms with E-state index in [4.69, 9.17) is 11.5 Å². The molecule has 1 aliphatic rings. The van der Waals surface area contributed by atoms with Gasteiger partial charge in [-0.1, -0.05) is 12.1 Å². The monoisotopic (exact) mass is 395 g/mol. The molecule has 0 aromatic heterocycles. The number of amides is 4. The van der Waals surface area contributed by atoms with Crippen molar-refractivity contribution in [2.45, 2.75) is 25.8 Å². The largest absolute Gasteiger partial charge is 0.370 e. The Kier molecular flexibility index (Phi) is 6.33. The molecule has 3 rings (SSSR count). The number of nitrogens with one attached hydrogen (secondary N) is 2. The number of piperidine rings is 1. The molecule has 1 aliphatic heterocycles. The van der Waals surface area contributed by atoms with Gasteiger partial charge in [-0.25, -0.2) is 4.79 Å². The van der Waals surface area contributed by atoms with Crippen molar-refractivity contribution in [3.05, 3.63) is 59.2 Å². The smallest absolute Gasteiger partial charge is 0.312 e. The van der Waals surface area contributed by atoms with Gasteiger partial charge in [-0.2, -0.15) is 0 Å². The first kappa shape index (κ1) is 20.2. The maximum atomic E-state index is 12.8. The first-order chi connectivity index (χ1) is 13.9. The lowest BCUT2D eigenvalue weighted by Crippen LogP contribution is -2.30. The van der Waals surface area contributed by atoms with Crippen LogP contribution in [0.15, 0.2) is 42.5 Å². The van der Waals surface area contributed by atoms with Crippen LogP contribution in [-0.2, 0) is 6.54 Å². The van der Waals surface area contributed by atoms with Crippen LogP contribution in [0.1, 0.15) is 45.5 Å². The highest BCUT2D eigenvalue weighted by atomic mass is 16.2. The minimum absolute atomic E-state index is 0.289. The van der Waals surface area contributed by atoms with Crippen molar-refractivity contribution >= 4 is 29.2 Å². The van der Waals surface area contributed by atoms with Crippen LogP contribution in [0.5, 0.6) is 0 Å². The summed E-state index contributed by atoms with van der Waals surface area (Å²) in [6.45, 7) is 2.09. The molecule has 2 aromatic rings. The minimum atomic E-state index is -0.605. The molecule has 0 atom stereocenters. The van der Waals surface area contributed by atoms with Gasteiger partial charge < -0.3 is 27.0 Å². The van der Waals surface area contributed by atoms with Gasteiger partial charge in [0.05, 0.1) is 11.4 Å². The van der Waals surface area contributed by atoms with Gasteiger partial charge in [-0.15, -0.1) is 0 Å². The second kappa shape index (κ2) is 9.09. The molecule has 0 aliphatic carbocycles. The molecule has 1 heterocycles. The number of carbonyl (C=O) groups excluding carboxylic acids is 3. The number of hydrogen-bond acceptors (Lipinski definition) is 4. The molecule has 29 heavy (non-hydrogen) atoms. The topological polar surface area (TPSA) is 131 Å². The fraction of sp³-hybridized carbons (Fsp3) is 0.286. The molecule has 0 spiro atoms. The zero-order valence-corrected chi connectivity index (χ0v) is 16.1. The van der Waals surface area contributed by atoms with Crippen molar-refractivity contribution in [3.63, 3.8) is 0 Å². The fourth-order valence-electron chi connectivity index (χ4n) is 3.36. The lowest BCUT2D eigenvalue weighted by atomic mass is 10.1. The summed E-state index contributed by atoms with van der Waals surface area (Å²) >= 11 is 0. The summed E-state index contributed by atoms with van der Waals surface area (Å²) in [5, 5.41) is 5.41. The lowest BCUT2D eigenvalue weighted by molar-refractivity contribution is 0.0996. The van der Waals surface area contributed by atoms with Gasteiger partial charge in [-0.3, -0.25) is 9.59 Å². The highest BCUT2D eigenvalue weighted by Gasteiger charge is 2.18. The van der Waals surface area contributed by atoms with E-state index < -0.39 is 11.9 Å². The quantitative estimate of drug-likeness (QED) is 0.597. The molecule has 4 amide bonds. The van der Waals surface area contributed by atoms with Crippen molar-refractivity contribution in [1.82, 2.24) is 5.32 Å². The van der Waals surface area contributed by atoms with Crippen LogP contribution in [0.2, 0.25) is 0 Å². The SMILES string of the molecule is NC(=O)NCc1ccc(C(=O)Nc2cc(C(N)=O)ccc2N2CCCCC2)cc1. The third-order valence-electron chi connectivity index (χ3n) is 4.91. The average molecular weight is 395 g/mol. The highest BCUT2D eigenvalue weighted by molar-refractivity contribution is 6.07. The van der Waals surface area contributed by atoms with Crippen LogP contribution in [-0.4, -0.2) is 30.9 Å². The molecule has 0 bridgehead atoms. The van der Waals surface area contributed by atoms with E-state index >= 15 is 0 Å². The Morgan fingerprint density at radius 1 is 0.897 bits per heavy atom. The van der Waals surface area contributed by atoms with E-state index in [1.165, 1.54) is 6.42 Å². The maximum absolute atomic E-state index is 12.8. The molecule has 0 saturated carbocycles. The normalized spacial score (nSPS) is 13.6. The Morgan fingerprint density at radius 2 is 1.55 bits per heavy atom. The number of carbonyl (C=O) groups is 3. The van der Waals surface area contributed by atoms with Crippen molar-refractivity contribution < 1.29 is 14.4 Å². The molecule has 6 N–H and O–H groups in total. The fourth-order valence-corrected chi connectivity index (χ4v) is 3.36. The van der Waals surface area contributed by atoms with Crippen molar-refractivity contribution in [1.29, 1.82) is 0 Å². The predicted molar refractivity (Wildman–Crippen MR) is 112 cm³/mol. The number of nitrogens with two attached hydrogens (primary N) is 2. The van der Waals surface area contributed by atoms with E-state index in [-0.39, 0.29) is 12.5 Å². The Hall–Kier alpha value is -3.55. The van der Waals surface area contributed by atoms with E-state index in [0.29, 0.717) is 16.8 Å². The van der Waals surface area contributed by atoms with Crippen molar-refractivity contribution in [3.8, 4) is 0 Å². The van der Waals surface area contributed by atoms with Gasteiger partial charge in [0.1, 0.15) is 0 Å². The average Bonchev–Trinajstić information content (AvgIpc) is 2.73. The van der Waals surface area contributed by atoms with E-state index in [1.54, 1.807) is 36.4 Å². The number of rotatable bonds is 6. The zero-order chi connectivity index (χ0) is 20.8. The van der Waals surface area contributed by atoms with E-state index in [0.717, 1.165) is 37.2 Å². The van der Waals surface area contributed by atoms with E-state index in [2.05, 4.69) is 15.5 Å². The predicted octanol–water partition coefficient (Wildman–Crippen LogP) is 2.20. The van der Waals surface area contributed by atoms with Gasteiger partial charge in [0.25, 0.3) is 5.91 Å². The van der Waals surface area contributed by atoms with E-state index in [1.807, 2.05) is 6.07 Å². The second-order valence-electron chi connectivity index (χ2n) is 7.01. The summed E-state index contributed by atoms with van der Waals surface area (Å²) in [5.41, 5.74) is 13.5. The first-order valence-electron chi connectivity index (χ1n) is 9.56. The van der Waals surface area contributed by atoms with Crippen LogP contribution >= 0.6 is 0 Å². The molecule has 152 valence electrons. The highest BCUT2D eigenvalue weighted by Crippen LogP contribution is 2.30. The minimum Gasteiger partial charge on any atom is -0.370 e. The first-order valence-corrected chi connectivity index (χ1v) is 9.56. The summed E-state index contributed by atoms with van der Waals surface area (Å²) in [7, 11) is 0. The van der Waals surface area contributed by atoms with Crippen LogP contribution in [0.4, 0.5) is 16.2 Å². The van der Waals surface area contributed by atoms with Crippen LogP contribution in [0.3, 0.4) is 0 Å². The maximum Gasteiger partial charge on any atom is 0.312 e. The third kappa shape index (κ3) is 5.25. The van der Waals surface area contributed by atoms with Crippen LogP contribution < -0.4 is 27.0 Å². The summed E-state index contributed by atoms with van der Waals surface area (Å²) in [4.78, 5) is 37.4. The van der Waals surface area contributed by atoms with Gasteiger partial charge in [-0.05, 0) is 55.2 Å². The Balaban J connectivity index is 1.79. The lowest BCUT2D eigenvalue weighted by Gasteiger charge is -2.30. The molecule has 1 fully saturated rings. The zero-order valence-electron chi connectivity index (χ0n) is 16.1. The summed E-state index contributed by atoms with van der Waals surface area (Å²) in [6.07, 6.45) is 3.37. The van der Waals surface area contributed by atoms with Crippen molar-refractivity contribution in [2.75, 3.05) is 23.3 Å². The number of anilines is 2. The number of primary amides is 2. The standard InChI is InChI=1S/C21H25N5O3/c22-19(27)16-8-9-18(26-10-2-1-3-11-26)17(12-16)25-20(28)15-6-4-14(5-7-15)13-24-21(23)29/h4-9,12H,1-3,10-11,13H2,(H2,22,27)(H,25,28)(H3,23,24,29). The van der Waals surface area contributed by atoms with Gasteiger partial charge in [0.15, 0.2) is 0 Å². The molecule has 8 nitrogen and oxygen atoms in total. The Morgan fingerprint density at radius 3 is 2.17 bits per heavy atom. The van der Waals surface area contributed by atoms with Crippen LogP contribution in [0, 0.1) is 0 Å². The summed E-state index contributed by atoms with van der Waals surface area (Å²) in [5.74, 6) is -0.837. The van der Waals surface area contributed by atoms with Crippen LogP contribution in [0.25, 0.3) is 0 Å². The molecule has 0 unspecified atom stereocenters. The summed E-state index contributed by atoms with van der Waals surface area (Å²) in [6, 6.07) is 11.4. The number of urea groups is 1. The molecule has 0 radical (unpaired) electrons. The molecule has 8 heteroatoms. The third-order valence-corrected chi connectivity index (χ3v) is 4.91. The molecule has 1 saturated heterocycles. The molecular weight excluding hydrogens is 370 g/mol. The Labute approximate surface area is 169 Å². The van der Waals surface area contributed by atoms with Gasteiger partial charge in [0, 0.05) is 30.8 Å².